The second kappa shape index (κ2) is 5.31. The molecule has 94 valence electrons. The molecule has 0 aliphatic carbocycles. The predicted molar refractivity (Wildman–Crippen MR) is 63.4 cm³/mol. The van der Waals surface area contributed by atoms with Crippen LogP contribution in [-0.4, -0.2) is 16.6 Å². The van der Waals surface area contributed by atoms with E-state index in [1.54, 1.807) is 25.1 Å². The van der Waals surface area contributed by atoms with Gasteiger partial charge in [-0.1, -0.05) is 0 Å². The smallest absolute Gasteiger partial charge is 0.226 e. The Kier molecular flexibility index (Phi) is 3.57. The minimum absolute atomic E-state index is 0.331. The summed E-state index contributed by atoms with van der Waals surface area (Å²) in [6.45, 7) is 4.10. The molecule has 0 aliphatic heterocycles. The first kappa shape index (κ1) is 12.1. The lowest BCUT2D eigenvalue weighted by atomic mass is 10.4. The maximum absolute atomic E-state index is 11.4. The molecule has 0 radical (unpaired) electrons. The number of hydrogen-bond acceptors (Lipinski definition) is 5. The second-order valence-corrected chi connectivity index (χ2v) is 3.56. The van der Waals surface area contributed by atoms with Crippen LogP contribution in [0, 0.1) is 12.1 Å². The van der Waals surface area contributed by atoms with Crippen LogP contribution in [0.2, 0.25) is 0 Å². The van der Waals surface area contributed by atoms with Gasteiger partial charge in [-0.25, -0.2) is 9.97 Å². The molecule has 18 heavy (non-hydrogen) atoms. The maximum atomic E-state index is 11.4. The molecule has 0 atom stereocenters. The van der Waals surface area contributed by atoms with Crippen molar-refractivity contribution in [3.05, 3.63) is 41.6 Å². The molecule has 2 aromatic heterocycles. The largest absolute Gasteiger partial charge is 0.618 e. The summed E-state index contributed by atoms with van der Waals surface area (Å²) >= 11 is 0. The third kappa shape index (κ3) is 2.85. The second-order valence-electron chi connectivity index (χ2n) is 3.56. The lowest BCUT2D eigenvalue weighted by Crippen LogP contribution is -2.28. The number of nitrogens with zero attached hydrogens (tertiary/aromatic N) is 3. The monoisotopic (exact) mass is 247 g/mol. The van der Waals surface area contributed by atoms with Crippen LogP contribution >= 0.6 is 0 Å². The van der Waals surface area contributed by atoms with Crippen LogP contribution in [-0.2, 0) is 0 Å². The molecule has 2 heterocycles. The lowest BCUT2D eigenvalue weighted by Gasteiger charge is -2.06. The molecule has 0 fully saturated rings. The van der Waals surface area contributed by atoms with Gasteiger partial charge in [-0.3, -0.25) is 0 Å². The van der Waals surface area contributed by atoms with E-state index >= 15 is 0 Å². The van der Waals surface area contributed by atoms with E-state index in [0.717, 1.165) is 4.73 Å². The number of aryl methyl sites for hydroxylation is 1. The normalized spacial score (nSPS) is 10.1. The Morgan fingerprint density at radius 1 is 1.28 bits per heavy atom. The van der Waals surface area contributed by atoms with Crippen LogP contribution in [0.1, 0.15) is 12.6 Å². The quantitative estimate of drug-likeness (QED) is 0.606. The van der Waals surface area contributed by atoms with Crippen molar-refractivity contribution in [2.45, 2.75) is 13.8 Å². The highest BCUT2D eigenvalue weighted by Gasteiger charge is 2.06. The predicted octanol–water partition coefficient (Wildman–Crippen LogP) is 1.61. The highest BCUT2D eigenvalue weighted by molar-refractivity contribution is 5.25. The molecule has 0 saturated carbocycles. The third-order valence-electron chi connectivity index (χ3n) is 2.21. The molecular formula is C12H13N3O3. The first-order chi connectivity index (χ1) is 8.69. The topological polar surface area (TPSA) is 71.2 Å². The average Bonchev–Trinajstić information content (AvgIpc) is 2.35. The molecule has 2 aromatic rings. The number of rotatable bonds is 4. The average molecular weight is 247 g/mol. The van der Waals surface area contributed by atoms with E-state index < -0.39 is 0 Å². The van der Waals surface area contributed by atoms with E-state index in [4.69, 9.17) is 9.47 Å². The van der Waals surface area contributed by atoms with E-state index in [2.05, 4.69) is 9.97 Å². The van der Waals surface area contributed by atoms with Gasteiger partial charge in [0.15, 0.2) is 11.4 Å². The lowest BCUT2D eigenvalue weighted by molar-refractivity contribution is -0.612. The number of aromatic nitrogens is 3. The van der Waals surface area contributed by atoms with Crippen LogP contribution in [0.3, 0.4) is 0 Å². The summed E-state index contributed by atoms with van der Waals surface area (Å²) in [5, 5.41) is 11.4. The Morgan fingerprint density at radius 3 is 2.78 bits per heavy atom. The van der Waals surface area contributed by atoms with E-state index in [9.17, 15) is 5.21 Å². The van der Waals surface area contributed by atoms with Gasteiger partial charge in [-0.15, -0.1) is 0 Å². The summed E-state index contributed by atoms with van der Waals surface area (Å²) in [6.07, 6.45) is 2.69. The summed E-state index contributed by atoms with van der Waals surface area (Å²) in [4.78, 5) is 7.87. The summed E-state index contributed by atoms with van der Waals surface area (Å²) in [5.74, 6) is 1.18. The number of hydrogen-bond donors (Lipinski definition) is 0. The Morgan fingerprint density at radius 2 is 2.06 bits per heavy atom. The standard InChI is InChI=1S/C12H13N3O3/c1-3-17-11-6-12(14-8-13-11)18-10-5-4-9(2)15(16)7-10/h4-8H,3H2,1-2H3. The Bertz CT molecular complexity index is 546. The fraction of sp³-hybridized carbons (Fsp3) is 0.250. The van der Waals surface area contributed by atoms with Crippen molar-refractivity contribution in [3.8, 4) is 17.5 Å². The molecule has 0 aliphatic rings. The molecule has 0 amide bonds. The molecule has 2 rings (SSSR count). The highest BCUT2D eigenvalue weighted by Crippen LogP contribution is 2.20. The molecule has 0 unspecified atom stereocenters. The SMILES string of the molecule is CCOc1cc(Oc2ccc(C)[n+]([O-])c2)ncn1. The Labute approximate surface area is 104 Å². The molecular weight excluding hydrogens is 234 g/mol. The summed E-state index contributed by atoms with van der Waals surface area (Å²) in [6, 6.07) is 4.94. The summed E-state index contributed by atoms with van der Waals surface area (Å²) < 4.78 is 11.4. The van der Waals surface area contributed by atoms with Crippen molar-refractivity contribution in [1.82, 2.24) is 9.97 Å². The maximum Gasteiger partial charge on any atom is 0.226 e. The van der Waals surface area contributed by atoms with E-state index in [0.29, 0.717) is 29.8 Å². The fourth-order valence-electron chi connectivity index (χ4n) is 1.32. The van der Waals surface area contributed by atoms with Crippen molar-refractivity contribution < 1.29 is 14.2 Å². The van der Waals surface area contributed by atoms with Crippen molar-refractivity contribution in [3.63, 3.8) is 0 Å². The van der Waals surface area contributed by atoms with Crippen LogP contribution in [0.25, 0.3) is 0 Å². The first-order valence-corrected chi connectivity index (χ1v) is 5.51. The fourth-order valence-corrected chi connectivity index (χ4v) is 1.32. The minimum Gasteiger partial charge on any atom is -0.618 e. The van der Waals surface area contributed by atoms with Gasteiger partial charge >= 0.3 is 0 Å². The van der Waals surface area contributed by atoms with Gasteiger partial charge in [0, 0.05) is 13.0 Å². The molecule has 6 nitrogen and oxygen atoms in total. The molecule has 0 aromatic carbocycles. The van der Waals surface area contributed by atoms with Gasteiger partial charge in [0.2, 0.25) is 18.0 Å². The zero-order valence-electron chi connectivity index (χ0n) is 10.2. The van der Waals surface area contributed by atoms with Crippen LogP contribution < -0.4 is 14.2 Å². The summed E-state index contributed by atoms with van der Waals surface area (Å²) in [5.41, 5.74) is 0.597. The third-order valence-corrected chi connectivity index (χ3v) is 2.21. The van der Waals surface area contributed by atoms with Crippen molar-refractivity contribution in [2.24, 2.45) is 0 Å². The van der Waals surface area contributed by atoms with Crippen molar-refractivity contribution in [1.29, 1.82) is 0 Å². The van der Waals surface area contributed by atoms with E-state index in [1.807, 2.05) is 6.92 Å². The number of pyridine rings is 1. The van der Waals surface area contributed by atoms with Crippen molar-refractivity contribution >= 4 is 0 Å². The zero-order chi connectivity index (χ0) is 13.0. The van der Waals surface area contributed by atoms with E-state index in [-0.39, 0.29) is 0 Å². The first-order valence-electron chi connectivity index (χ1n) is 5.51. The van der Waals surface area contributed by atoms with Gasteiger partial charge in [0.05, 0.1) is 12.7 Å². The van der Waals surface area contributed by atoms with E-state index in [1.165, 1.54) is 12.5 Å². The zero-order valence-corrected chi connectivity index (χ0v) is 10.2. The van der Waals surface area contributed by atoms with Gasteiger partial charge in [-0.05, 0) is 13.0 Å². The molecule has 6 heteroatoms. The molecule has 0 spiro atoms. The molecule has 0 saturated heterocycles. The summed E-state index contributed by atoms with van der Waals surface area (Å²) in [7, 11) is 0. The Balaban J connectivity index is 2.17. The van der Waals surface area contributed by atoms with Gasteiger partial charge in [0.25, 0.3) is 0 Å². The van der Waals surface area contributed by atoms with Crippen LogP contribution in [0.5, 0.6) is 17.5 Å². The van der Waals surface area contributed by atoms with Gasteiger partial charge in [-0.2, -0.15) is 4.73 Å². The molecule has 0 bridgehead atoms. The molecule has 0 N–H and O–H groups in total. The highest BCUT2D eigenvalue weighted by atomic mass is 16.5. The van der Waals surface area contributed by atoms with Gasteiger partial charge < -0.3 is 14.7 Å². The Hall–Kier alpha value is -2.37. The minimum atomic E-state index is 0.331. The number of ether oxygens (including phenoxy) is 2. The van der Waals surface area contributed by atoms with Gasteiger partial charge in [0.1, 0.15) is 6.33 Å². The van der Waals surface area contributed by atoms with Crippen LogP contribution in [0.15, 0.2) is 30.7 Å². The van der Waals surface area contributed by atoms with Crippen LogP contribution in [0.4, 0.5) is 0 Å². The van der Waals surface area contributed by atoms with Crippen molar-refractivity contribution in [2.75, 3.05) is 6.61 Å².